The molecule has 2 N–H and O–H groups in total. The number of hydrogen-bond donors (Lipinski definition) is 2. The van der Waals surface area contributed by atoms with Crippen LogP contribution in [0.25, 0.3) is 5.57 Å². The molecule has 1 saturated heterocycles. The molecule has 4 rings (SSSR count). The van der Waals surface area contributed by atoms with Crippen molar-refractivity contribution in [2.75, 3.05) is 31.4 Å². The van der Waals surface area contributed by atoms with E-state index >= 15 is 0 Å². The molecule has 1 aromatic carbocycles. The summed E-state index contributed by atoms with van der Waals surface area (Å²) in [6.45, 7) is 7.65. The minimum absolute atomic E-state index is 0.0589. The quantitative estimate of drug-likeness (QED) is 0.688. The second-order valence-electron chi connectivity index (χ2n) is 9.70. The third kappa shape index (κ3) is 4.85. The molecule has 8 heteroatoms. The maximum Gasteiger partial charge on any atom is 0.321 e. The average Bonchev–Trinajstić information content (AvgIpc) is 3.16. The number of benzene rings is 1. The van der Waals surface area contributed by atoms with Gasteiger partial charge in [0.05, 0.1) is 13.4 Å². The van der Waals surface area contributed by atoms with Crippen molar-refractivity contribution in [2.45, 2.75) is 26.2 Å². The molecule has 1 aromatic rings. The Morgan fingerprint density at radius 3 is 2.42 bits per heavy atom. The highest BCUT2D eigenvalue weighted by Gasteiger charge is 2.29. The van der Waals surface area contributed by atoms with Crippen molar-refractivity contribution in [3.8, 4) is 5.75 Å². The van der Waals surface area contributed by atoms with Gasteiger partial charge in [-0.1, -0.05) is 51.2 Å². The number of methoxy groups -OCH3 is 1. The van der Waals surface area contributed by atoms with Gasteiger partial charge >= 0.3 is 6.03 Å². The number of nitrogens with one attached hydrogen (secondary N) is 2. The summed E-state index contributed by atoms with van der Waals surface area (Å²) in [6, 6.07) is 3.98. The molecular formula is C25H31N3O4S. The van der Waals surface area contributed by atoms with E-state index in [-0.39, 0.29) is 23.3 Å². The molecule has 0 spiro atoms. The van der Waals surface area contributed by atoms with Gasteiger partial charge in [0.1, 0.15) is 5.75 Å². The summed E-state index contributed by atoms with van der Waals surface area (Å²) in [5.41, 5.74) is 4.22. The fraction of sp³-hybridized carbons (Fsp3) is 0.400. The SMILES string of the molecule is COc1c(C2=CC3C=CC(NS(C)(=O)=O)=CC3C=C2)cc(N2CCNC2=O)cc1C(C)(C)C. The highest BCUT2D eigenvalue weighted by molar-refractivity contribution is 7.88. The lowest BCUT2D eigenvalue weighted by atomic mass is 9.79. The summed E-state index contributed by atoms with van der Waals surface area (Å²) in [4.78, 5) is 14.2. The highest BCUT2D eigenvalue weighted by Crippen LogP contribution is 2.43. The molecular weight excluding hydrogens is 438 g/mol. The number of allylic oxidation sites excluding steroid dienone is 7. The Balaban J connectivity index is 1.76. The highest BCUT2D eigenvalue weighted by atomic mass is 32.2. The third-order valence-corrected chi connectivity index (χ3v) is 6.66. The molecule has 2 unspecified atom stereocenters. The van der Waals surface area contributed by atoms with Gasteiger partial charge in [-0.2, -0.15) is 0 Å². The first-order chi connectivity index (χ1) is 15.5. The van der Waals surface area contributed by atoms with Crippen molar-refractivity contribution >= 4 is 27.3 Å². The number of anilines is 1. The van der Waals surface area contributed by atoms with Crippen LogP contribution >= 0.6 is 0 Å². The number of nitrogens with zero attached hydrogens (tertiary/aromatic N) is 1. The first kappa shape index (κ1) is 23.2. The van der Waals surface area contributed by atoms with E-state index in [1.165, 1.54) is 0 Å². The number of rotatable bonds is 5. The molecule has 1 aliphatic heterocycles. The summed E-state index contributed by atoms with van der Waals surface area (Å²) < 4.78 is 31.6. The zero-order valence-corrected chi connectivity index (χ0v) is 20.5. The monoisotopic (exact) mass is 469 g/mol. The Labute approximate surface area is 195 Å². The summed E-state index contributed by atoms with van der Waals surface area (Å²) >= 11 is 0. The standard InChI is InChI=1S/C25H31N3O4S/c1-25(2,3)22-15-20(28-11-10-26-24(28)29)14-21(23(22)32-4)18-7-6-17-13-19(27-33(5,30)31)9-8-16(17)12-18/h6-9,12-17,27H,10-11H2,1-5H3,(H,26,29). The predicted octanol–water partition coefficient (Wildman–Crippen LogP) is 3.71. The van der Waals surface area contributed by atoms with E-state index in [2.05, 4.69) is 49.0 Å². The van der Waals surface area contributed by atoms with Crippen LogP contribution in [0.3, 0.4) is 0 Å². The molecule has 1 heterocycles. The Morgan fingerprint density at radius 1 is 1.12 bits per heavy atom. The summed E-state index contributed by atoms with van der Waals surface area (Å²) in [7, 11) is -1.64. The Bertz CT molecular complexity index is 1200. The van der Waals surface area contributed by atoms with E-state index in [0.717, 1.165) is 34.4 Å². The molecule has 33 heavy (non-hydrogen) atoms. The Morgan fingerprint density at radius 2 is 1.82 bits per heavy atom. The van der Waals surface area contributed by atoms with Crippen LogP contribution in [0.5, 0.6) is 5.75 Å². The largest absolute Gasteiger partial charge is 0.496 e. The van der Waals surface area contributed by atoms with Crippen molar-refractivity contribution in [1.82, 2.24) is 10.0 Å². The normalized spacial score (nSPS) is 22.5. The fourth-order valence-corrected chi connectivity index (χ4v) is 5.05. The third-order valence-electron chi connectivity index (χ3n) is 6.05. The molecule has 0 saturated carbocycles. The van der Waals surface area contributed by atoms with Crippen molar-refractivity contribution < 1.29 is 17.9 Å². The number of carbonyl (C=O) groups is 1. The van der Waals surface area contributed by atoms with Gasteiger partial charge in [-0.15, -0.1) is 0 Å². The molecule has 0 aromatic heterocycles. The second kappa shape index (κ2) is 8.41. The molecule has 2 aliphatic carbocycles. The predicted molar refractivity (Wildman–Crippen MR) is 132 cm³/mol. The van der Waals surface area contributed by atoms with Crippen LogP contribution < -0.4 is 19.7 Å². The smallest absolute Gasteiger partial charge is 0.321 e. The van der Waals surface area contributed by atoms with E-state index in [0.29, 0.717) is 18.8 Å². The molecule has 176 valence electrons. The molecule has 2 atom stereocenters. The number of sulfonamides is 1. The second-order valence-corrected chi connectivity index (χ2v) is 11.4. The molecule has 2 amide bonds. The van der Waals surface area contributed by atoms with E-state index < -0.39 is 10.0 Å². The van der Waals surface area contributed by atoms with Gasteiger partial charge in [0.2, 0.25) is 10.0 Å². The maximum absolute atomic E-state index is 12.4. The topological polar surface area (TPSA) is 87.7 Å². The Kier molecular flexibility index (Phi) is 5.90. The molecule has 1 fully saturated rings. The van der Waals surface area contributed by atoms with E-state index in [1.54, 1.807) is 18.1 Å². The number of hydrogen-bond acceptors (Lipinski definition) is 4. The lowest BCUT2D eigenvalue weighted by Crippen LogP contribution is -2.28. The van der Waals surface area contributed by atoms with Crippen LogP contribution in [0.2, 0.25) is 0 Å². The molecule has 3 aliphatic rings. The van der Waals surface area contributed by atoms with Gasteiger partial charge in [0.25, 0.3) is 0 Å². The van der Waals surface area contributed by atoms with E-state index in [1.807, 2.05) is 24.3 Å². The Hall–Kier alpha value is -3.00. The van der Waals surface area contributed by atoms with Gasteiger partial charge < -0.3 is 10.1 Å². The zero-order chi connectivity index (χ0) is 24.0. The van der Waals surface area contributed by atoms with Gasteiger partial charge in [-0.3, -0.25) is 9.62 Å². The lowest BCUT2D eigenvalue weighted by molar-refractivity contribution is 0.252. The van der Waals surface area contributed by atoms with E-state index in [9.17, 15) is 13.2 Å². The molecule has 7 nitrogen and oxygen atoms in total. The minimum atomic E-state index is -3.32. The fourth-order valence-electron chi connectivity index (χ4n) is 4.49. The minimum Gasteiger partial charge on any atom is -0.496 e. The first-order valence-electron chi connectivity index (χ1n) is 11.0. The van der Waals surface area contributed by atoms with E-state index in [4.69, 9.17) is 4.74 Å². The van der Waals surface area contributed by atoms with Crippen LogP contribution in [0.1, 0.15) is 31.9 Å². The number of amides is 2. The van der Waals surface area contributed by atoms with Crippen molar-refractivity contribution in [1.29, 1.82) is 0 Å². The zero-order valence-electron chi connectivity index (χ0n) is 19.7. The van der Waals surface area contributed by atoms with Crippen molar-refractivity contribution in [3.05, 3.63) is 65.4 Å². The molecule has 0 bridgehead atoms. The maximum atomic E-state index is 12.4. The first-order valence-corrected chi connectivity index (χ1v) is 12.9. The van der Waals surface area contributed by atoms with Gasteiger partial charge in [-0.05, 0) is 29.2 Å². The summed E-state index contributed by atoms with van der Waals surface area (Å²) in [5, 5.41) is 2.87. The van der Waals surface area contributed by atoms with Crippen LogP contribution in [-0.2, 0) is 15.4 Å². The van der Waals surface area contributed by atoms with Crippen LogP contribution in [0, 0.1) is 11.8 Å². The molecule has 0 radical (unpaired) electrons. The number of ether oxygens (including phenoxy) is 1. The van der Waals surface area contributed by atoms with Crippen molar-refractivity contribution in [2.24, 2.45) is 11.8 Å². The number of carbonyl (C=O) groups excluding carboxylic acids is 1. The van der Waals surface area contributed by atoms with Crippen LogP contribution in [0.4, 0.5) is 10.5 Å². The number of urea groups is 1. The van der Waals surface area contributed by atoms with Crippen LogP contribution in [0.15, 0.2) is 54.3 Å². The number of fused-ring (bicyclic) bond motifs is 1. The summed E-state index contributed by atoms with van der Waals surface area (Å²) in [6.07, 6.45) is 13.2. The average molecular weight is 470 g/mol. The van der Waals surface area contributed by atoms with Gasteiger partial charge in [-0.25, -0.2) is 13.2 Å². The lowest BCUT2D eigenvalue weighted by Gasteiger charge is -2.29. The summed E-state index contributed by atoms with van der Waals surface area (Å²) in [5.74, 6) is 0.954. The van der Waals surface area contributed by atoms with Crippen molar-refractivity contribution in [3.63, 3.8) is 0 Å². The van der Waals surface area contributed by atoms with Gasteiger partial charge in [0.15, 0.2) is 0 Å². The van der Waals surface area contributed by atoms with Gasteiger partial charge in [0, 0.05) is 47.4 Å². The van der Waals surface area contributed by atoms with Crippen LogP contribution in [-0.4, -0.2) is 40.9 Å².